The van der Waals surface area contributed by atoms with Crippen LogP contribution in [0.25, 0.3) is 0 Å². The summed E-state index contributed by atoms with van der Waals surface area (Å²) in [6, 6.07) is 5.09. The van der Waals surface area contributed by atoms with E-state index in [1.807, 2.05) is 0 Å². The van der Waals surface area contributed by atoms with Crippen LogP contribution in [0.2, 0.25) is 0 Å². The SMILES string of the molecule is O=C1OC2(Oc3cc(I)ccc31)C1CC3CC2CC(C(=O)OCCC(F)(F)C(F)(F)S(=O)(=O)O)(C3)C1. The molecule has 1 aromatic rings. The number of carbonyl (C=O) groups is 2. The zero-order valence-corrected chi connectivity index (χ0v) is 21.5. The molecule has 2 atom stereocenters. The van der Waals surface area contributed by atoms with Crippen LogP contribution in [0.3, 0.4) is 0 Å². The molecule has 6 rings (SSSR count). The summed E-state index contributed by atoms with van der Waals surface area (Å²) in [6.07, 6.45) is 0.256. The molecule has 0 saturated heterocycles. The Bertz CT molecular complexity index is 1220. The van der Waals surface area contributed by atoms with E-state index in [0.29, 0.717) is 30.6 Å². The molecule has 5 aliphatic rings. The Hall–Kier alpha value is -1.68. The molecule has 4 bridgehead atoms. The number of hydrogen-bond acceptors (Lipinski definition) is 7. The molecule has 2 unspecified atom stereocenters. The number of rotatable bonds is 6. The highest BCUT2D eigenvalue weighted by atomic mass is 127. The predicted molar refractivity (Wildman–Crippen MR) is 121 cm³/mol. The van der Waals surface area contributed by atoms with Crippen molar-refractivity contribution in [2.45, 2.75) is 55.5 Å². The largest absolute Gasteiger partial charge is 0.465 e. The molecule has 1 N–H and O–H groups in total. The van der Waals surface area contributed by atoms with Gasteiger partial charge in [0.2, 0.25) is 0 Å². The third kappa shape index (κ3) is 3.80. The van der Waals surface area contributed by atoms with Crippen molar-refractivity contribution in [3.05, 3.63) is 27.3 Å². The Morgan fingerprint density at radius 2 is 1.78 bits per heavy atom. The quantitative estimate of drug-likeness (QED) is 0.209. The van der Waals surface area contributed by atoms with Gasteiger partial charge in [-0.3, -0.25) is 9.35 Å². The van der Waals surface area contributed by atoms with Crippen LogP contribution in [0.15, 0.2) is 18.2 Å². The molecule has 1 spiro atoms. The van der Waals surface area contributed by atoms with Gasteiger partial charge in [0.25, 0.3) is 5.79 Å². The number of ether oxygens (including phenoxy) is 3. The first kappa shape index (κ1) is 25.9. The Kier molecular flexibility index (Phi) is 5.88. The van der Waals surface area contributed by atoms with Gasteiger partial charge in [-0.1, -0.05) is 0 Å². The van der Waals surface area contributed by atoms with Gasteiger partial charge in [-0.15, -0.1) is 0 Å². The summed E-state index contributed by atoms with van der Waals surface area (Å²) in [5.74, 6) is -8.05. The van der Waals surface area contributed by atoms with Crippen LogP contribution >= 0.6 is 22.6 Å². The molecule has 198 valence electrons. The fourth-order valence-corrected chi connectivity index (χ4v) is 7.35. The molecule has 14 heteroatoms. The summed E-state index contributed by atoms with van der Waals surface area (Å²) >= 11 is 2.09. The topological polar surface area (TPSA) is 116 Å². The van der Waals surface area contributed by atoms with E-state index in [9.17, 15) is 35.6 Å². The summed E-state index contributed by atoms with van der Waals surface area (Å²) in [7, 11) is -6.37. The van der Waals surface area contributed by atoms with Gasteiger partial charge in [-0.2, -0.15) is 26.0 Å². The highest BCUT2D eigenvalue weighted by molar-refractivity contribution is 14.1. The third-order valence-corrected chi connectivity index (χ3v) is 9.46. The van der Waals surface area contributed by atoms with Crippen LogP contribution < -0.4 is 4.74 Å². The average molecular weight is 648 g/mol. The van der Waals surface area contributed by atoms with Crippen molar-refractivity contribution in [3.8, 4) is 5.75 Å². The molecule has 1 aromatic carbocycles. The van der Waals surface area contributed by atoms with Crippen molar-refractivity contribution in [1.82, 2.24) is 0 Å². The summed E-state index contributed by atoms with van der Waals surface area (Å²) in [6.45, 7) is -1.17. The van der Waals surface area contributed by atoms with Crippen molar-refractivity contribution in [1.29, 1.82) is 0 Å². The Morgan fingerprint density at radius 1 is 1.14 bits per heavy atom. The molecule has 0 aromatic heterocycles. The zero-order chi connectivity index (χ0) is 26.3. The van der Waals surface area contributed by atoms with Crippen LogP contribution in [0, 0.1) is 26.7 Å². The lowest BCUT2D eigenvalue weighted by Crippen LogP contribution is -2.67. The van der Waals surface area contributed by atoms with E-state index in [1.165, 1.54) is 0 Å². The highest BCUT2D eigenvalue weighted by Crippen LogP contribution is 2.66. The summed E-state index contributed by atoms with van der Waals surface area (Å²) in [5.41, 5.74) is -0.782. The van der Waals surface area contributed by atoms with Gasteiger partial charge in [0.15, 0.2) is 0 Å². The standard InChI is InChI=1S/C22H21F4IO8S/c23-20(24,22(25,26)36(30,31)32)3-4-33-18(29)19-8-11-5-12(9-19)21(13(6-11)10-19)34-16-7-14(27)1-2-15(16)17(28)35-21/h1-2,7,11-13H,3-6,8-10H2,(H,30,31,32). The van der Waals surface area contributed by atoms with Crippen LogP contribution in [-0.2, 0) is 24.4 Å². The van der Waals surface area contributed by atoms with E-state index in [2.05, 4.69) is 22.6 Å². The van der Waals surface area contributed by atoms with Gasteiger partial charge in [0, 0.05) is 15.4 Å². The molecule has 1 heterocycles. The number of halogens is 5. The maximum absolute atomic E-state index is 13.8. The second-order valence-electron chi connectivity index (χ2n) is 10.1. The zero-order valence-electron chi connectivity index (χ0n) is 18.5. The van der Waals surface area contributed by atoms with Gasteiger partial charge < -0.3 is 14.2 Å². The fraction of sp³-hybridized carbons (Fsp3) is 0.636. The van der Waals surface area contributed by atoms with Gasteiger partial charge in [-0.25, -0.2) is 4.79 Å². The fourth-order valence-electron chi connectivity index (χ4n) is 6.41. The number of alkyl halides is 4. The molecule has 4 saturated carbocycles. The molecule has 0 radical (unpaired) electrons. The van der Waals surface area contributed by atoms with Gasteiger partial charge in [0.05, 0.1) is 18.4 Å². The maximum Gasteiger partial charge on any atom is 0.431 e. The average Bonchev–Trinajstić information content (AvgIpc) is 2.75. The van der Waals surface area contributed by atoms with Crippen LogP contribution in [-0.4, -0.2) is 48.5 Å². The molecule has 36 heavy (non-hydrogen) atoms. The maximum atomic E-state index is 13.8. The first-order chi connectivity index (χ1) is 16.6. The van der Waals surface area contributed by atoms with Gasteiger partial charge in [-0.05, 0) is 78.8 Å². The minimum absolute atomic E-state index is 0.0746. The molecule has 1 aliphatic heterocycles. The molecule has 0 amide bonds. The van der Waals surface area contributed by atoms with E-state index in [4.69, 9.17) is 18.8 Å². The van der Waals surface area contributed by atoms with E-state index < -0.39 is 57.5 Å². The van der Waals surface area contributed by atoms with Crippen molar-refractivity contribution in [2.24, 2.45) is 23.2 Å². The second-order valence-corrected chi connectivity index (χ2v) is 12.8. The Balaban J connectivity index is 1.32. The van der Waals surface area contributed by atoms with E-state index in [1.54, 1.807) is 18.2 Å². The Labute approximate surface area is 216 Å². The number of benzene rings is 1. The number of esters is 2. The number of fused-ring (bicyclic) bond motifs is 1. The molecule has 8 nitrogen and oxygen atoms in total. The van der Waals surface area contributed by atoms with Crippen molar-refractivity contribution < 1.29 is 54.3 Å². The molecule has 4 aliphatic carbocycles. The van der Waals surface area contributed by atoms with Crippen LogP contribution in [0.5, 0.6) is 5.75 Å². The molecular formula is C22H21F4IO8S. The lowest BCUT2D eigenvalue weighted by molar-refractivity contribution is -0.294. The lowest BCUT2D eigenvalue weighted by Gasteiger charge is -2.62. The predicted octanol–water partition coefficient (Wildman–Crippen LogP) is 4.41. The lowest BCUT2D eigenvalue weighted by atomic mass is 9.47. The minimum Gasteiger partial charge on any atom is -0.465 e. The first-order valence-corrected chi connectivity index (χ1v) is 13.7. The highest BCUT2D eigenvalue weighted by Gasteiger charge is 2.70. The summed E-state index contributed by atoms with van der Waals surface area (Å²) in [4.78, 5) is 25.8. The van der Waals surface area contributed by atoms with Crippen molar-refractivity contribution >= 4 is 44.6 Å². The van der Waals surface area contributed by atoms with Gasteiger partial charge >= 0.3 is 33.2 Å². The van der Waals surface area contributed by atoms with E-state index >= 15 is 0 Å². The molecular weight excluding hydrogens is 627 g/mol. The third-order valence-electron chi connectivity index (χ3n) is 7.84. The van der Waals surface area contributed by atoms with E-state index in [0.717, 1.165) is 3.57 Å². The van der Waals surface area contributed by atoms with Crippen molar-refractivity contribution in [2.75, 3.05) is 6.61 Å². The minimum atomic E-state index is -6.37. The second kappa shape index (κ2) is 8.16. The number of carbonyl (C=O) groups excluding carboxylic acids is 2. The Morgan fingerprint density at radius 3 is 2.39 bits per heavy atom. The normalized spacial score (nSPS) is 33.2. The smallest absolute Gasteiger partial charge is 0.431 e. The van der Waals surface area contributed by atoms with Crippen LogP contribution in [0.1, 0.15) is 48.9 Å². The molecule has 4 fully saturated rings. The van der Waals surface area contributed by atoms with Crippen LogP contribution in [0.4, 0.5) is 17.6 Å². The number of hydrogen-bond donors (Lipinski definition) is 1. The van der Waals surface area contributed by atoms with Crippen molar-refractivity contribution in [3.63, 3.8) is 0 Å². The first-order valence-electron chi connectivity index (χ1n) is 11.2. The van der Waals surface area contributed by atoms with Gasteiger partial charge in [0.1, 0.15) is 11.3 Å². The van der Waals surface area contributed by atoms with E-state index in [-0.39, 0.29) is 30.6 Å². The summed E-state index contributed by atoms with van der Waals surface area (Å²) < 4.78 is 102. The monoisotopic (exact) mass is 648 g/mol. The summed E-state index contributed by atoms with van der Waals surface area (Å²) in [5, 5.41) is -5.73.